The van der Waals surface area contributed by atoms with Gasteiger partial charge in [-0.25, -0.2) is 4.79 Å². The number of rotatable bonds is 5. The zero-order valence-electron chi connectivity index (χ0n) is 11.6. The molecule has 5 heteroatoms. The molecular formula is C13H21NO4. The molecule has 0 saturated carbocycles. The van der Waals surface area contributed by atoms with E-state index in [9.17, 15) is 9.90 Å². The van der Waals surface area contributed by atoms with E-state index >= 15 is 0 Å². The summed E-state index contributed by atoms with van der Waals surface area (Å²) < 4.78 is 10.1. The Morgan fingerprint density at radius 2 is 2.17 bits per heavy atom. The van der Waals surface area contributed by atoms with Crippen LogP contribution in [0.15, 0.2) is 16.5 Å². The molecular weight excluding hydrogens is 234 g/mol. The van der Waals surface area contributed by atoms with Crippen LogP contribution >= 0.6 is 0 Å². The summed E-state index contributed by atoms with van der Waals surface area (Å²) in [5.74, 6) is 0.367. The van der Waals surface area contributed by atoms with Gasteiger partial charge in [0.25, 0.3) is 0 Å². The van der Waals surface area contributed by atoms with E-state index in [0.717, 1.165) is 0 Å². The van der Waals surface area contributed by atoms with Gasteiger partial charge in [0.15, 0.2) is 0 Å². The summed E-state index contributed by atoms with van der Waals surface area (Å²) in [6, 6.07) is 3.30. The van der Waals surface area contributed by atoms with Gasteiger partial charge in [-0.2, -0.15) is 0 Å². The molecule has 0 aliphatic rings. The molecule has 1 aromatic rings. The zero-order chi connectivity index (χ0) is 13.9. The first kappa shape index (κ1) is 14.7. The number of likely N-dealkylation sites (N-methyl/N-ethyl adjacent to an activating group) is 1. The summed E-state index contributed by atoms with van der Waals surface area (Å²) in [7, 11) is 3.22. The highest BCUT2D eigenvalue weighted by Crippen LogP contribution is 2.27. The van der Waals surface area contributed by atoms with Gasteiger partial charge in [0.05, 0.1) is 19.8 Å². The van der Waals surface area contributed by atoms with Crippen LogP contribution in [0.25, 0.3) is 0 Å². The van der Waals surface area contributed by atoms with Crippen molar-refractivity contribution in [1.29, 1.82) is 0 Å². The molecule has 0 saturated heterocycles. The van der Waals surface area contributed by atoms with Crippen molar-refractivity contribution in [2.75, 3.05) is 20.8 Å². The number of nitrogens with zero attached hydrogens (tertiary/aromatic N) is 1. The fourth-order valence-corrected chi connectivity index (χ4v) is 1.61. The normalized spacial score (nSPS) is 13.7. The highest BCUT2D eigenvalue weighted by atomic mass is 16.5. The number of aliphatic hydroxyl groups is 1. The molecule has 18 heavy (non-hydrogen) atoms. The van der Waals surface area contributed by atoms with E-state index in [1.54, 1.807) is 12.1 Å². The molecule has 1 N–H and O–H groups in total. The topological polar surface area (TPSA) is 62.9 Å². The van der Waals surface area contributed by atoms with Crippen molar-refractivity contribution < 1.29 is 19.1 Å². The number of esters is 1. The van der Waals surface area contributed by atoms with Crippen molar-refractivity contribution in [2.24, 2.45) is 0 Å². The van der Waals surface area contributed by atoms with Crippen LogP contribution in [-0.2, 0) is 4.74 Å². The van der Waals surface area contributed by atoms with Crippen molar-refractivity contribution in [2.45, 2.75) is 32.4 Å². The predicted molar refractivity (Wildman–Crippen MR) is 67.4 cm³/mol. The summed E-state index contributed by atoms with van der Waals surface area (Å²) in [6.45, 7) is 5.87. The minimum Gasteiger partial charge on any atom is -0.463 e. The minimum atomic E-state index is -0.488. The fourth-order valence-electron chi connectivity index (χ4n) is 1.61. The van der Waals surface area contributed by atoms with Crippen molar-refractivity contribution in [3.05, 3.63) is 23.7 Å². The van der Waals surface area contributed by atoms with E-state index in [-0.39, 0.29) is 23.9 Å². The van der Waals surface area contributed by atoms with Crippen molar-refractivity contribution in [3.8, 4) is 0 Å². The number of ether oxygens (including phenoxy) is 1. The van der Waals surface area contributed by atoms with E-state index in [1.165, 1.54) is 7.11 Å². The first-order valence-electron chi connectivity index (χ1n) is 5.85. The summed E-state index contributed by atoms with van der Waals surface area (Å²) in [6.07, 6.45) is 0. The maximum atomic E-state index is 11.3. The lowest BCUT2D eigenvalue weighted by atomic mass is 10.0. The van der Waals surface area contributed by atoms with E-state index in [0.29, 0.717) is 5.76 Å². The molecule has 1 aromatic heterocycles. The first-order valence-corrected chi connectivity index (χ1v) is 5.85. The second-order valence-electron chi connectivity index (χ2n) is 4.95. The van der Waals surface area contributed by atoms with E-state index in [2.05, 4.69) is 4.74 Å². The van der Waals surface area contributed by atoms with Gasteiger partial charge in [0, 0.05) is 5.54 Å². The lowest BCUT2D eigenvalue weighted by Gasteiger charge is -2.37. The van der Waals surface area contributed by atoms with Gasteiger partial charge in [-0.15, -0.1) is 0 Å². The Balaban J connectivity index is 2.88. The Kier molecular flexibility index (Phi) is 4.53. The molecule has 0 fully saturated rings. The fraction of sp³-hybridized carbons (Fsp3) is 0.615. The second kappa shape index (κ2) is 5.54. The number of carbonyl (C=O) groups is 1. The zero-order valence-corrected chi connectivity index (χ0v) is 11.6. The van der Waals surface area contributed by atoms with Gasteiger partial charge in [-0.3, -0.25) is 4.90 Å². The molecule has 0 spiro atoms. The van der Waals surface area contributed by atoms with Gasteiger partial charge in [0.2, 0.25) is 5.76 Å². The van der Waals surface area contributed by atoms with Crippen LogP contribution < -0.4 is 0 Å². The first-order chi connectivity index (χ1) is 8.33. The molecule has 1 atom stereocenters. The molecule has 102 valence electrons. The summed E-state index contributed by atoms with van der Waals surface area (Å²) >= 11 is 0. The van der Waals surface area contributed by atoms with Crippen LogP contribution in [0.3, 0.4) is 0 Å². The van der Waals surface area contributed by atoms with Crippen molar-refractivity contribution in [3.63, 3.8) is 0 Å². The smallest absolute Gasteiger partial charge is 0.373 e. The molecule has 0 bridgehead atoms. The predicted octanol–water partition coefficient (Wildman–Crippen LogP) is 1.83. The summed E-state index contributed by atoms with van der Waals surface area (Å²) in [4.78, 5) is 13.3. The van der Waals surface area contributed by atoms with Crippen LogP contribution in [-0.4, -0.2) is 42.3 Å². The van der Waals surface area contributed by atoms with Crippen LogP contribution in [0.4, 0.5) is 0 Å². The maximum Gasteiger partial charge on any atom is 0.373 e. The Labute approximate surface area is 107 Å². The van der Waals surface area contributed by atoms with Crippen LogP contribution in [0.1, 0.15) is 43.1 Å². The molecule has 1 rings (SSSR count). The molecule has 0 aromatic carbocycles. The molecule has 1 heterocycles. The molecule has 0 aliphatic carbocycles. The number of methoxy groups -OCH3 is 1. The Morgan fingerprint density at radius 1 is 1.56 bits per heavy atom. The van der Waals surface area contributed by atoms with Crippen molar-refractivity contribution >= 4 is 5.97 Å². The van der Waals surface area contributed by atoms with Gasteiger partial charge in [-0.05, 0) is 40.0 Å². The van der Waals surface area contributed by atoms with Crippen LogP contribution in [0.2, 0.25) is 0 Å². The number of hydrogen-bond acceptors (Lipinski definition) is 5. The lowest BCUT2D eigenvalue weighted by Crippen LogP contribution is -2.45. The Morgan fingerprint density at radius 3 is 2.67 bits per heavy atom. The van der Waals surface area contributed by atoms with E-state index in [1.807, 2.05) is 32.7 Å². The molecule has 5 nitrogen and oxygen atoms in total. The molecule has 0 aliphatic heterocycles. The van der Waals surface area contributed by atoms with E-state index in [4.69, 9.17) is 4.42 Å². The third kappa shape index (κ3) is 2.91. The average Bonchev–Trinajstić information content (AvgIpc) is 2.85. The maximum absolute atomic E-state index is 11.3. The van der Waals surface area contributed by atoms with Gasteiger partial charge >= 0.3 is 5.97 Å². The average molecular weight is 255 g/mol. The number of aliphatic hydroxyl groups excluding tert-OH is 1. The standard InChI is InChI=1S/C13H21NO4/c1-9(14(4)13(2,3)8-15)10-6-7-11(18-10)12(16)17-5/h6-7,9,15H,8H2,1-5H3. The van der Waals surface area contributed by atoms with Gasteiger partial charge < -0.3 is 14.3 Å². The third-order valence-corrected chi connectivity index (χ3v) is 3.35. The summed E-state index contributed by atoms with van der Waals surface area (Å²) in [5.41, 5.74) is -0.363. The molecule has 0 amide bonds. The van der Waals surface area contributed by atoms with E-state index < -0.39 is 5.97 Å². The lowest BCUT2D eigenvalue weighted by molar-refractivity contribution is 0.0410. The van der Waals surface area contributed by atoms with Gasteiger partial charge in [0.1, 0.15) is 5.76 Å². The number of furan rings is 1. The highest BCUT2D eigenvalue weighted by Gasteiger charge is 2.29. The summed E-state index contributed by atoms with van der Waals surface area (Å²) in [5, 5.41) is 9.35. The van der Waals surface area contributed by atoms with Crippen LogP contribution in [0.5, 0.6) is 0 Å². The number of hydrogen-bond donors (Lipinski definition) is 1. The monoisotopic (exact) mass is 255 g/mol. The minimum absolute atomic E-state index is 0.0401. The highest BCUT2D eigenvalue weighted by molar-refractivity contribution is 5.86. The largest absolute Gasteiger partial charge is 0.463 e. The quantitative estimate of drug-likeness (QED) is 0.813. The van der Waals surface area contributed by atoms with Crippen LogP contribution in [0, 0.1) is 0 Å². The molecule has 1 unspecified atom stereocenters. The Hall–Kier alpha value is -1.33. The van der Waals surface area contributed by atoms with Crippen molar-refractivity contribution in [1.82, 2.24) is 4.90 Å². The third-order valence-electron chi connectivity index (χ3n) is 3.35. The molecule has 0 radical (unpaired) electrons. The number of carbonyl (C=O) groups excluding carboxylic acids is 1. The Bertz CT molecular complexity index is 411. The van der Waals surface area contributed by atoms with Gasteiger partial charge in [-0.1, -0.05) is 0 Å². The second-order valence-corrected chi connectivity index (χ2v) is 4.95. The SMILES string of the molecule is COC(=O)c1ccc(C(C)N(C)C(C)(C)CO)o1.